The van der Waals surface area contributed by atoms with Gasteiger partial charge in [0.25, 0.3) is 0 Å². The molecule has 28 heavy (non-hydrogen) atoms. The van der Waals surface area contributed by atoms with Crippen molar-refractivity contribution in [1.29, 1.82) is 0 Å². The van der Waals surface area contributed by atoms with Crippen LogP contribution in [0.2, 0.25) is 0 Å². The van der Waals surface area contributed by atoms with Gasteiger partial charge in [0.2, 0.25) is 0 Å². The first-order valence-corrected chi connectivity index (χ1v) is 10.5. The molecule has 7 nitrogen and oxygen atoms in total. The summed E-state index contributed by atoms with van der Waals surface area (Å²) in [6.07, 6.45) is -5.72. The van der Waals surface area contributed by atoms with Crippen LogP contribution in [0.3, 0.4) is 0 Å². The Labute approximate surface area is 164 Å². The van der Waals surface area contributed by atoms with Crippen molar-refractivity contribution in [2.75, 3.05) is 6.61 Å². The minimum absolute atomic E-state index is 0.00222. The summed E-state index contributed by atoms with van der Waals surface area (Å²) in [7, 11) is -4.05. The lowest BCUT2D eigenvalue weighted by Gasteiger charge is -2.41. The maximum absolute atomic E-state index is 13.1. The molecule has 5 atom stereocenters. The van der Waals surface area contributed by atoms with Gasteiger partial charge in [-0.3, -0.25) is 0 Å². The Morgan fingerprint density at radius 3 is 2.29 bits per heavy atom. The first-order valence-electron chi connectivity index (χ1n) is 8.93. The number of ether oxygens (including phenoxy) is 2. The Balaban J connectivity index is 1.86. The summed E-state index contributed by atoms with van der Waals surface area (Å²) < 4.78 is 37.1. The molecule has 8 heteroatoms. The van der Waals surface area contributed by atoms with Crippen LogP contribution in [0.4, 0.5) is 0 Å². The molecule has 0 aromatic heterocycles. The number of aliphatic hydroxyl groups is 3. The fourth-order valence-electron chi connectivity index (χ4n) is 3.27. The van der Waals surface area contributed by atoms with Crippen molar-refractivity contribution >= 4 is 9.84 Å². The molecule has 0 amide bonds. The monoisotopic (exact) mass is 408 g/mol. The number of rotatable bonds is 6. The van der Waals surface area contributed by atoms with E-state index < -0.39 is 46.3 Å². The molecule has 0 aliphatic carbocycles. The molecule has 0 bridgehead atoms. The zero-order valence-corrected chi connectivity index (χ0v) is 16.2. The number of aliphatic hydroxyl groups excluding tert-OH is 3. The molecular formula is C20H24O7S. The molecule has 1 aliphatic heterocycles. The van der Waals surface area contributed by atoms with E-state index in [4.69, 9.17) is 9.47 Å². The van der Waals surface area contributed by atoms with Crippen LogP contribution >= 0.6 is 0 Å². The topological polar surface area (TPSA) is 113 Å². The van der Waals surface area contributed by atoms with Gasteiger partial charge in [-0.25, -0.2) is 8.42 Å². The minimum atomic E-state index is -4.05. The molecule has 5 unspecified atom stereocenters. The molecule has 0 spiro atoms. The van der Waals surface area contributed by atoms with E-state index in [0.717, 1.165) is 11.1 Å². The Bertz CT molecular complexity index is 867. The smallest absolute Gasteiger partial charge is 0.186 e. The Morgan fingerprint density at radius 2 is 1.68 bits per heavy atom. The normalized spacial score (nSPS) is 28.2. The van der Waals surface area contributed by atoms with Crippen molar-refractivity contribution in [2.45, 2.75) is 48.3 Å². The van der Waals surface area contributed by atoms with E-state index in [1.165, 1.54) is 12.1 Å². The average Bonchev–Trinajstić information content (AvgIpc) is 2.68. The Morgan fingerprint density at radius 1 is 1.04 bits per heavy atom. The maximum Gasteiger partial charge on any atom is 0.186 e. The molecular weight excluding hydrogens is 384 g/mol. The fraction of sp³-hybridized carbons (Fsp3) is 0.400. The number of benzene rings is 2. The van der Waals surface area contributed by atoms with Crippen LogP contribution < -0.4 is 0 Å². The second-order valence-electron chi connectivity index (χ2n) is 6.82. The molecule has 2 aromatic rings. The molecule has 3 N–H and O–H groups in total. The average molecular weight is 408 g/mol. The van der Waals surface area contributed by atoms with Gasteiger partial charge in [0.15, 0.2) is 16.1 Å². The zero-order valence-electron chi connectivity index (χ0n) is 15.4. The second-order valence-corrected chi connectivity index (χ2v) is 8.93. The molecule has 2 aromatic carbocycles. The van der Waals surface area contributed by atoms with E-state index in [1.807, 2.05) is 25.1 Å². The molecule has 3 rings (SSSR count). The molecule has 1 saturated heterocycles. The van der Waals surface area contributed by atoms with Gasteiger partial charge in [0.05, 0.1) is 18.1 Å². The predicted molar refractivity (Wildman–Crippen MR) is 101 cm³/mol. The summed E-state index contributed by atoms with van der Waals surface area (Å²) in [5.74, 6) is 0. The van der Waals surface area contributed by atoms with Gasteiger partial charge in [-0.15, -0.1) is 0 Å². The van der Waals surface area contributed by atoms with Gasteiger partial charge in [-0.2, -0.15) is 0 Å². The molecule has 1 fully saturated rings. The van der Waals surface area contributed by atoms with Crippen LogP contribution in [0.5, 0.6) is 0 Å². The highest BCUT2D eigenvalue weighted by Crippen LogP contribution is 2.31. The summed E-state index contributed by atoms with van der Waals surface area (Å²) in [6, 6.07) is 15.3. The lowest BCUT2D eigenvalue weighted by atomic mass is 10.0. The highest BCUT2D eigenvalue weighted by Gasteiger charge is 2.51. The lowest BCUT2D eigenvalue weighted by molar-refractivity contribution is -0.264. The van der Waals surface area contributed by atoms with E-state index in [2.05, 4.69) is 0 Å². The summed E-state index contributed by atoms with van der Waals surface area (Å²) in [5, 5.41) is 29.1. The first-order chi connectivity index (χ1) is 13.3. The molecule has 0 radical (unpaired) electrons. The van der Waals surface area contributed by atoms with Crippen LogP contribution in [0.25, 0.3) is 0 Å². The number of hydrogen-bond acceptors (Lipinski definition) is 7. The highest BCUT2D eigenvalue weighted by atomic mass is 32.2. The van der Waals surface area contributed by atoms with E-state index in [-0.39, 0.29) is 11.5 Å². The first kappa shape index (κ1) is 20.9. The Hall–Kier alpha value is -1.81. The van der Waals surface area contributed by atoms with Crippen molar-refractivity contribution in [1.82, 2.24) is 0 Å². The van der Waals surface area contributed by atoms with Crippen molar-refractivity contribution < 1.29 is 33.2 Å². The predicted octanol–water partition coefficient (Wildman–Crippen LogP) is 0.793. The Kier molecular flexibility index (Phi) is 6.49. The van der Waals surface area contributed by atoms with Crippen LogP contribution in [0.1, 0.15) is 11.1 Å². The minimum Gasteiger partial charge on any atom is -0.394 e. The van der Waals surface area contributed by atoms with Crippen LogP contribution in [-0.2, 0) is 25.9 Å². The zero-order chi connectivity index (χ0) is 20.3. The van der Waals surface area contributed by atoms with Gasteiger partial charge in [0.1, 0.15) is 23.6 Å². The van der Waals surface area contributed by atoms with Gasteiger partial charge >= 0.3 is 0 Å². The molecule has 1 heterocycles. The van der Waals surface area contributed by atoms with Crippen LogP contribution in [-0.4, -0.2) is 60.2 Å². The standard InChI is InChI=1S/C20H24O7S/c1-13-7-9-15(10-8-13)28(24,25)19-16(11-21)27-20(23)18(17(19)22)26-12-14-5-3-2-4-6-14/h2-10,16-23H,11-12H2,1H3. The van der Waals surface area contributed by atoms with E-state index in [1.54, 1.807) is 24.3 Å². The van der Waals surface area contributed by atoms with Crippen molar-refractivity contribution in [2.24, 2.45) is 0 Å². The van der Waals surface area contributed by atoms with Crippen LogP contribution in [0, 0.1) is 6.92 Å². The second kappa shape index (κ2) is 8.69. The van der Waals surface area contributed by atoms with Gasteiger partial charge in [-0.1, -0.05) is 48.0 Å². The lowest BCUT2D eigenvalue weighted by Crippen LogP contribution is -2.61. The summed E-state index contributed by atoms with van der Waals surface area (Å²) in [5.41, 5.74) is 1.68. The number of hydrogen-bond donors (Lipinski definition) is 3. The van der Waals surface area contributed by atoms with E-state index in [0.29, 0.717) is 0 Å². The van der Waals surface area contributed by atoms with E-state index in [9.17, 15) is 23.7 Å². The van der Waals surface area contributed by atoms with E-state index >= 15 is 0 Å². The van der Waals surface area contributed by atoms with Crippen molar-refractivity contribution in [3.63, 3.8) is 0 Å². The summed E-state index contributed by atoms with van der Waals surface area (Å²) >= 11 is 0. The van der Waals surface area contributed by atoms with Gasteiger partial charge in [-0.05, 0) is 24.6 Å². The molecule has 0 saturated carbocycles. The third-order valence-corrected chi connectivity index (χ3v) is 7.04. The SMILES string of the molecule is Cc1ccc(S(=O)(=O)C2C(CO)OC(O)C(OCc3ccccc3)C2O)cc1. The maximum atomic E-state index is 13.1. The summed E-state index contributed by atoms with van der Waals surface area (Å²) in [6.45, 7) is 1.22. The summed E-state index contributed by atoms with van der Waals surface area (Å²) in [4.78, 5) is 0.00222. The molecule has 152 valence electrons. The molecule has 1 aliphatic rings. The van der Waals surface area contributed by atoms with Crippen molar-refractivity contribution in [3.05, 3.63) is 65.7 Å². The number of sulfone groups is 1. The fourth-order valence-corrected chi connectivity index (χ4v) is 5.17. The third kappa shape index (κ3) is 4.27. The van der Waals surface area contributed by atoms with Crippen LogP contribution in [0.15, 0.2) is 59.5 Å². The van der Waals surface area contributed by atoms with Gasteiger partial charge in [0, 0.05) is 0 Å². The van der Waals surface area contributed by atoms with Gasteiger partial charge < -0.3 is 24.8 Å². The quantitative estimate of drug-likeness (QED) is 0.648. The largest absolute Gasteiger partial charge is 0.394 e. The third-order valence-electron chi connectivity index (χ3n) is 4.81. The highest BCUT2D eigenvalue weighted by molar-refractivity contribution is 7.92. The number of aryl methyl sites for hydroxylation is 1. The van der Waals surface area contributed by atoms with Crippen molar-refractivity contribution in [3.8, 4) is 0 Å².